The van der Waals surface area contributed by atoms with Crippen molar-refractivity contribution in [1.29, 1.82) is 0 Å². The lowest BCUT2D eigenvalue weighted by Gasteiger charge is -2.20. The van der Waals surface area contributed by atoms with Crippen LogP contribution in [0.15, 0.2) is 18.2 Å². The Labute approximate surface area is 103 Å². The van der Waals surface area contributed by atoms with Crippen molar-refractivity contribution in [2.45, 2.75) is 38.6 Å². The Bertz CT molecular complexity index is 382. The van der Waals surface area contributed by atoms with Crippen molar-refractivity contribution in [3.63, 3.8) is 0 Å². The molecular weight excluding hydrogens is 214 g/mol. The standard InChI is InChI=1S/C14H21NO2/c1-14(2,15)7-3-4-11-5-6-12-13(10-11)17-9-8-16-12/h5-6,10H,3-4,7-9,15H2,1-2H3. The first-order chi connectivity index (χ1) is 8.04. The highest BCUT2D eigenvalue weighted by atomic mass is 16.6. The fraction of sp³-hybridized carbons (Fsp3) is 0.571. The molecule has 0 aromatic heterocycles. The number of ether oxygens (including phenoxy) is 2. The zero-order chi connectivity index (χ0) is 12.3. The fourth-order valence-electron chi connectivity index (χ4n) is 1.99. The highest BCUT2D eigenvalue weighted by Crippen LogP contribution is 2.31. The quantitative estimate of drug-likeness (QED) is 0.872. The molecule has 1 heterocycles. The molecule has 1 aromatic carbocycles. The van der Waals surface area contributed by atoms with Crippen LogP contribution in [-0.4, -0.2) is 18.8 Å². The Morgan fingerprint density at radius 3 is 2.59 bits per heavy atom. The predicted molar refractivity (Wildman–Crippen MR) is 68.6 cm³/mol. The maximum atomic E-state index is 5.97. The summed E-state index contributed by atoms with van der Waals surface area (Å²) in [6, 6.07) is 6.19. The average molecular weight is 235 g/mol. The summed E-state index contributed by atoms with van der Waals surface area (Å²) >= 11 is 0. The summed E-state index contributed by atoms with van der Waals surface area (Å²) in [6.45, 7) is 5.42. The van der Waals surface area contributed by atoms with Crippen LogP contribution in [0.3, 0.4) is 0 Å². The molecule has 0 radical (unpaired) electrons. The molecule has 2 rings (SSSR count). The van der Waals surface area contributed by atoms with E-state index in [1.807, 2.05) is 6.07 Å². The van der Waals surface area contributed by atoms with E-state index in [4.69, 9.17) is 15.2 Å². The number of fused-ring (bicyclic) bond motifs is 1. The van der Waals surface area contributed by atoms with Crippen LogP contribution in [0.1, 0.15) is 32.3 Å². The van der Waals surface area contributed by atoms with Crippen LogP contribution < -0.4 is 15.2 Å². The topological polar surface area (TPSA) is 44.5 Å². The van der Waals surface area contributed by atoms with Crippen LogP contribution in [0, 0.1) is 0 Å². The van der Waals surface area contributed by atoms with Gasteiger partial charge in [-0.3, -0.25) is 0 Å². The van der Waals surface area contributed by atoms with Gasteiger partial charge in [0.2, 0.25) is 0 Å². The van der Waals surface area contributed by atoms with Crippen molar-refractivity contribution >= 4 is 0 Å². The van der Waals surface area contributed by atoms with E-state index in [9.17, 15) is 0 Å². The number of rotatable bonds is 4. The molecule has 0 fully saturated rings. The van der Waals surface area contributed by atoms with Gasteiger partial charge < -0.3 is 15.2 Å². The first-order valence-electron chi connectivity index (χ1n) is 6.22. The van der Waals surface area contributed by atoms with Gasteiger partial charge in [0, 0.05) is 5.54 Å². The van der Waals surface area contributed by atoms with Gasteiger partial charge in [-0.2, -0.15) is 0 Å². The number of hydrogen-bond acceptors (Lipinski definition) is 3. The van der Waals surface area contributed by atoms with E-state index in [0.717, 1.165) is 30.8 Å². The van der Waals surface area contributed by atoms with Gasteiger partial charge in [0.25, 0.3) is 0 Å². The van der Waals surface area contributed by atoms with Crippen LogP contribution in [0.25, 0.3) is 0 Å². The molecule has 3 heteroatoms. The van der Waals surface area contributed by atoms with Crippen LogP contribution in [-0.2, 0) is 6.42 Å². The van der Waals surface area contributed by atoms with Gasteiger partial charge in [0.05, 0.1) is 0 Å². The van der Waals surface area contributed by atoms with E-state index in [-0.39, 0.29) is 5.54 Å². The summed E-state index contributed by atoms with van der Waals surface area (Å²) in [6.07, 6.45) is 3.17. The summed E-state index contributed by atoms with van der Waals surface area (Å²) in [4.78, 5) is 0. The SMILES string of the molecule is CC(C)(N)CCCc1ccc2c(c1)OCCO2. The zero-order valence-electron chi connectivity index (χ0n) is 10.7. The Morgan fingerprint density at radius 1 is 1.18 bits per heavy atom. The summed E-state index contributed by atoms with van der Waals surface area (Å²) in [5.74, 6) is 1.74. The smallest absolute Gasteiger partial charge is 0.161 e. The summed E-state index contributed by atoms with van der Waals surface area (Å²) in [5, 5.41) is 0. The van der Waals surface area contributed by atoms with Crippen molar-refractivity contribution in [3.05, 3.63) is 23.8 Å². The average Bonchev–Trinajstić information content (AvgIpc) is 2.27. The third kappa shape index (κ3) is 3.63. The minimum Gasteiger partial charge on any atom is -0.486 e. The van der Waals surface area contributed by atoms with E-state index in [1.54, 1.807) is 0 Å². The molecule has 0 saturated carbocycles. The second-order valence-corrected chi connectivity index (χ2v) is 5.32. The van der Waals surface area contributed by atoms with Crippen LogP contribution in [0.4, 0.5) is 0 Å². The molecule has 1 aliphatic rings. The van der Waals surface area contributed by atoms with Crippen molar-refractivity contribution in [2.75, 3.05) is 13.2 Å². The largest absolute Gasteiger partial charge is 0.486 e. The summed E-state index contributed by atoms with van der Waals surface area (Å²) < 4.78 is 11.1. The normalized spacial score (nSPS) is 14.8. The van der Waals surface area contributed by atoms with Gasteiger partial charge in [-0.05, 0) is 50.8 Å². The third-order valence-electron chi connectivity index (χ3n) is 2.89. The minimum atomic E-state index is -0.0756. The van der Waals surface area contributed by atoms with E-state index >= 15 is 0 Å². The van der Waals surface area contributed by atoms with Gasteiger partial charge >= 0.3 is 0 Å². The van der Waals surface area contributed by atoms with Gasteiger partial charge in [-0.1, -0.05) is 6.07 Å². The monoisotopic (exact) mass is 235 g/mol. The van der Waals surface area contributed by atoms with E-state index < -0.39 is 0 Å². The minimum absolute atomic E-state index is 0.0756. The van der Waals surface area contributed by atoms with Crippen molar-refractivity contribution in [2.24, 2.45) is 5.73 Å². The summed E-state index contributed by atoms with van der Waals surface area (Å²) in [7, 11) is 0. The number of nitrogens with two attached hydrogens (primary N) is 1. The number of hydrogen-bond donors (Lipinski definition) is 1. The molecule has 0 atom stereocenters. The van der Waals surface area contributed by atoms with E-state index in [0.29, 0.717) is 13.2 Å². The van der Waals surface area contributed by atoms with Crippen molar-refractivity contribution < 1.29 is 9.47 Å². The Morgan fingerprint density at radius 2 is 1.88 bits per heavy atom. The number of aryl methyl sites for hydroxylation is 1. The van der Waals surface area contributed by atoms with Gasteiger partial charge in [-0.15, -0.1) is 0 Å². The van der Waals surface area contributed by atoms with Crippen LogP contribution >= 0.6 is 0 Å². The Balaban J connectivity index is 1.93. The lowest BCUT2D eigenvalue weighted by Crippen LogP contribution is -2.31. The van der Waals surface area contributed by atoms with Gasteiger partial charge in [0.1, 0.15) is 13.2 Å². The van der Waals surface area contributed by atoms with Crippen molar-refractivity contribution in [3.8, 4) is 11.5 Å². The lowest BCUT2D eigenvalue weighted by atomic mass is 9.97. The molecule has 1 aromatic rings. The lowest BCUT2D eigenvalue weighted by molar-refractivity contribution is 0.171. The molecule has 17 heavy (non-hydrogen) atoms. The molecule has 0 unspecified atom stereocenters. The molecule has 1 aliphatic heterocycles. The molecular formula is C14H21NO2. The van der Waals surface area contributed by atoms with E-state index in [1.165, 1.54) is 5.56 Å². The van der Waals surface area contributed by atoms with E-state index in [2.05, 4.69) is 26.0 Å². The highest BCUT2D eigenvalue weighted by Gasteiger charge is 2.13. The molecule has 0 amide bonds. The first kappa shape index (κ1) is 12.2. The second-order valence-electron chi connectivity index (χ2n) is 5.32. The summed E-state index contributed by atoms with van der Waals surface area (Å²) in [5.41, 5.74) is 7.18. The fourth-order valence-corrected chi connectivity index (χ4v) is 1.99. The highest BCUT2D eigenvalue weighted by molar-refractivity contribution is 5.43. The zero-order valence-corrected chi connectivity index (χ0v) is 10.7. The molecule has 0 bridgehead atoms. The van der Waals surface area contributed by atoms with Crippen molar-refractivity contribution in [1.82, 2.24) is 0 Å². The third-order valence-corrected chi connectivity index (χ3v) is 2.89. The molecule has 94 valence electrons. The molecule has 2 N–H and O–H groups in total. The van der Waals surface area contributed by atoms with Gasteiger partial charge in [0.15, 0.2) is 11.5 Å². The Kier molecular flexibility index (Phi) is 3.57. The molecule has 0 aliphatic carbocycles. The molecule has 3 nitrogen and oxygen atoms in total. The maximum Gasteiger partial charge on any atom is 0.161 e. The van der Waals surface area contributed by atoms with Crippen LogP contribution in [0.2, 0.25) is 0 Å². The second kappa shape index (κ2) is 4.96. The number of benzene rings is 1. The molecule has 0 saturated heterocycles. The molecule has 0 spiro atoms. The Hall–Kier alpha value is -1.22. The van der Waals surface area contributed by atoms with Crippen LogP contribution in [0.5, 0.6) is 11.5 Å². The maximum absolute atomic E-state index is 5.97. The predicted octanol–water partition coefficient (Wildman–Crippen LogP) is 2.52. The first-order valence-corrected chi connectivity index (χ1v) is 6.22. The van der Waals surface area contributed by atoms with Gasteiger partial charge in [-0.25, -0.2) is 0 Å².